The van der Waals surface area contributed by atoms with E-state index in [1.54, 1.807) is 0 Å². The first kappa shape index (κ1) is 17.7. The van der Waals surface area contributed by atoms with Gasteiger partial charge in [0.1, 0.15) is 5.56 Å². The molecule has 0 aliphatic rings. The maximum absolute atomic E-state index is 12.9. The Balaban J connectivity index is 3.79. The van der Waals surface area contributed by atoms with Gasteiger partial charge < -0.3 is 4.74 Å². The van der Waals surface area contributed by atoms with Gasteiger partial charge in [-0.2, -0.15) is 26.3 Å². The van der Waals surface area contributed by atoms with Crippen molar-refractivity contribution in [2.24, 2.45) is 0 Å². The molecule has 0 aliphatic heterocycles. The van der Waals surface area contributed by atoms with Gasteiger partial charge in [0, 0.05) is 6.07 Å². The molecule has 0 fully saturated rings. The number of nitro benzene ring substituents is 1. The van der Waals surface area contributed by atoms with E-state index < -0.39 is 52.2 Å². The zero-order chi connectivity index (χ0) is 17.3. The average Bonchev–Trinajstić information content (AvgIpc) is 2.35. The van der Waals surface area contributed by atoms with Crippen molar-refractivity contribution in [3.05, 3.63) is 38.9 Å². The van der Waals surface area contributed by atoms with E-state index in [1.165, 1.54) is 6.92 Å². The molecule has 0 bridgehead atoms. The lowest BCUT2D eigenvalue weighted by molar-refractivity contribution is -0.385. The minimum atomic E-state index is -5.41. The van der Waals surface area contributed by atoms with Crippen LogP contribution in [0.2, 0.25) is 0 Å². The van der Waals surface area contributed by atoms with E-state index >= 15 is 0 Å². The van der Waals surface area contributed by atoms with Gasteiger partial charge in [-0.3, -0.25) is 10.1 Å². The Kier molecular flexibility index (Phi) is 4.68. The first-order valence-corrected chi connectivity index (χ1v) is 5.53. The van der Waals surface area contributed by atoms with Crippen LogP contribution in [0.15, 0.2) is 12.1 Å². The molecule has 0 amide bonds. The smallest absolute Gasteiger partial charge is 0.417 e. The lowest BCUT2D eigenvalue weighted by Crippen LogP contribution is -2.19. The van der Waals surface area contributed by atoms with Gasteiger partial charge in [0.2, 0.25) is 0 Å². The minimum Gasteiger partial charge on any atom is -0.462 e. The van der Waals surface area contributed by atoms with Crippen molar-refractivity contribution in [3.63, 3.8) is 0 Å². The summed E-state index contributed by atoms with van der Waals surface area (Å²) in [5.74, 6) is -1.73. The van der Waals surface area contributed by atoms with Crippen LogP contribution in [0.3, 0.4) is 0 Å². The standard InChI is InChI=1S/C11H7F6NO4/c1-2-22-9(19)8-6(11(15,16)17)3-5(10(12,13)14)4-7(8)18(20)21/h3-4H,2H2,1H3. The molecule has 0 radical (unpaired) electrons. The van der Waals surface area contributed by atoms with Crippen molar-refractivity contribution in [3.8, 4) is 0 Å². The average molecular weight is 331 g/mol. The van der Waals surface area contributed by atoms with Gasteiger partial charge in [-0.05, 0) is 13.0 Å². The fourth-order valence-corrected chi connectivity index (χ4v) is 1.58. The number of carbonyl (C=O) groups is 1. The van der Waals surface area contributed by atoms with E-state index in [-0.39, 0.29) is 12.1 Å². The molecular weight excluding hydrogens is 324 g/mol. The topological polar surface area (TPSA) is 69.4 Å². The Bertz CT molecular complexity index is 608. The summed E-state index contributed by atoms with van der Waals surface area (Å²) in [6, 6.07) is -0.499. The van der Waals surface area contributed by atoms with Crippen LogP contribution in [0, 0.1) is 10.1 Å². The number of benzene rings is 1. The Morgan fingerprint density at radius 1 is 1.18 bits per heavy atom. The number of rotatable bonds is 3. The molecule has 1 rings (SSSR count). The van der Waals surface area contributed by atoms with Crippen LogP contribution < -0.4 is 0 Å². The second-order valence-electron chi connectivity index (χ2n) is 3.89. The Morgan fingerprint density at radius 2 is 1.73 bits per heavy atom. The summed E-state index contributed by atoms with van der Waals surface area (Å²) in [5.41, 5.74) is -7.15. The molecule has 0 aliphatic carbocycles. The minimum absolute atomic E-state index is 0.137. The van der Waals surface area contributed by atoms with Crippen molar-refractivity contribution in [1.82, 2.24) is 0 Å². The maximum Gasteiger partial charge on any atom is 0.417 e. The van der Waals surface area contributed by atoms with Gasteiger partial charge in [0.05, 0.1) is 22.7 Å². The third kappa shape index (κ3) is 3.65. The SMILES string of the molecule is CCOC(=O)c1c([N+](=O)[O-])cc(C(F)(F)F)cc1C(F)(F)F. The zero-order valence-corrected chi connectivity index (χ0v) is 10.7. The molecule has 0 atom stereocenters. The highest BCUT2D eigenvalue weighted by Crippen LogP contribution is 2.41. The molecule has 0 heterocycles. The summed E-state index contributed by atoms with van der Waals surface area (Å²) >= 11 is 0. The summed E-state index contributed by atoms with van der Waals surface area (Å²) in [4.78, 5) is 20.7. The van der Waals surface area contributed by atoms with Gasteiger partial charge in [-0.1, -0.05) is 0 Å². The number of hydrogen-bond acceptors (Lipinski definition) is 4. The quantitative estimate of drug-likeness (QED) is 0.365. The monoisotopic (exact) mass is 331 g/mol. The molecule has 1 aromatic carbocycles. The molecule has 0 aromatic heterocycles. The molecule has 122 valence electrons. The lowest BCUT2D eigenvalue weighted by atomic mass is 10.0. The normalized spacial score (nSPS) is 12.1. The predicted molar refractivity (Wildman–Crippen MR) is 59.1 cm³/mol. The van der Waals surface area contributed by atoms with Crippen LogP contribution in [0.1, 0.15) is 28.4 Å². The van der Waals surface area contributed by atoms with Crippen LogP contribution in [0.4, 0.5) is 32.0 Å². The van der Waals surface area contributed by atoms with E-state index in [0.717, 1.165) is 0 Å². The Labute approximate surface area is 118 Å². The molecule has 0 saturated carbocycles. The highest BCUT2D eigenvalue weighted by Gasteiger charge is 2.44. The fraction of sp³-hybridized carbons (Fsp3) is 0.364. The summed E-state index contributed by atoms with van der Waals surface area (Å²) in [7, 11) is 0. The third-order valence-electron chi connectivity index (χ3n) is 2.43. The second kappa shape index (κ2) is 5.81. The maximum atomic E-state index is 12.9. The van der Waals surface area contributed by atoms with Crippen LogP contribution >= 0.6 is 0 Å². The van der Waals surface area contributed by atoms with Crippen molar-refractivity contribution < 1.29 is 40.8 Å². The number of hydrogen-bond donors (Lipinski definition) is 0. The lowest BCUT2D eigenvalue weighted by Gasteiger charge is -2.15. The van der Waals surface area contributed by atoms with E-state index in [9.17, 15) is 41.3 Å². The van der Waals surface area contributed by atoms with Crippen molar-refractivity contribution >= 4 is 11.7 Å². The number of nitro groups is 1. The molecule has 5 nitrogen and oxygen atoms in total. The predicted octanol–water partition coefficient (Wildman–Crippen LogP) is 3.81. The molecule has 0 saturated heterocycles. The Hall–Kier alpha value is -2.33. The van der Waals surface area contributed by atoms with Gasteiger partial charge in [-0.25, -0.2) is 4.79 Å². The highest BCUT2D eigenvalue weighted by molar-refractivity contribution is 5.96. The molecule has 0 spiro atoms. The number of esters is 1. The summed E-state index contributed by atoms with van der Waals surface area (Å²) in [6.07, 6.45) is -10.7. The van der Waals surface area contributed by atoms with Crippen LogP contribution in [0.25, 0.3) is 0 Å². The molecule has 1 aromatic rings. The number of ether oxygens (including phenoxy) is 1. The summed E-state index contributed by atoms with van der Waals surface area (Å²) in [6.45, 7) is 0.815. The third-order valence-corrected chi connectivity index (χ3v) is 2.43. The molecule has 11 heteroatoms. The molecule has 22 heavy (non-hydrogen) atoms. The Morgan fingerprint density at radius 3 is 2.09 bits per heavy atom. The van der Waals surface area contributed by atoms with E-state index in [0.29, 0.717) is 0 Å². The first-order chi connectivity index (χ1) is 9.89. The van der Waals surface area contributed by atoms with Crippen LogP contribution in [-0.2, 0) is 17.1 Å². The number of halogens is 6. The van der Waals surface area contributed by atoms with Crippen LogP contribution in [-0.4, -0.2) is 17.5 Å². The number of alkyl halides is 6. The van der Waals surface area contributed by atoms with Crippen molar-refractivity contribution in [1.29, 1.82) is 0 Å². The van der Waals surface area contributed by atoms with E-state index in [2.05, 4.69) is 4.74 Å². The summed E-state index contributed by atoms with van der Waals surface area (Å²) in [5, 5.41) is 10.8. The van der Waals surface area contributed by atoms with Crippen LogP contribution in [0.5, 0.6) is 0 Å². The van der Waals surface area contributed by atoms with Gasteiger partial charge in [0.15, 0.2) is 0 Å². The van der Waals surface area contributed by atoms with Gasteiger partial charge >= 0.3 is 18.3 Å². The number of nitrogens with zero attached hydrogens (tertiary/aromatic N) is 1. The van der Waals surface area contributed by atoms with Gasteiger partial charge in [0.25, 0.3) is 5.69 Å². The van der Waals surface area contributed by atoms with Gasteiger partial charge in [-0.15, -0.1) is 0 Å². The highest BCUT2D eigenvalue weighted by atomic mass is 19.4. The largest absolute Gasteiger partial charge is 0.462 e. The fourth-order valence-electron chi connectivity index (χ4n) is 1.58. The van der Waals surface area contributed by atoms with Crippen molar-refractivity contribution in [2.45, 2.75) is 19.3 Å². The van der Waals surface area contributed by atoms with Crippen molar-refractivity contribution in [2.75, 3.05) is 6.61 Å². The molecular formula is C11H7F6NO4. The first-order valence-electron chi connectivity index (χ1n) is 5.53. The molecule has 0 N–H and O–H groups in total. The zero-order valence-electron chi connectivity index (χ0n) is 10.7. The summed E-state index contributed by atoms with van der Waals surface area (Å²) < 4.78 is 80.6. The second-order valence-corrected chi connectivity index (χ2v) is 3.89. The van der Waals surface area contributed by atoms with E-state index in [1.807, 2.05) is 0 Å². The molecule has 0 unspecified atom stereocenters. The van der Waals surface area contributed by atoms with E-state index in [4.69, 9.17) is 0 Å². The number of carbonyl (C=O) groups excluding carboxylic acids is 1.